The first-order valence-electron chi connectivity index (χ1n) is 8.36. The van der Waals surface area contributed by atoms with E-state index in [2.05, 4.69) is 29.5 Å². The van der Waals surface area contributed by atoms with Gasteiger partial charge in [-0.3, -0.25) is 10.1 Å². The predicted octanol–water partition coefficient (Wildman–Crippen LogP) is 2.71. The SMILES string of the molecule is CCNC(=NCc1ccc([N+](=O)[O-])cc1)NCCOCCC(C)C. The Balaban J connectivity index is 2.40. The molecular weight excluding hydrogens is 308 g/mol. The van der Waals surface area contributed by atoms with Gasteiger partial charge in [0.15, 0.2) is 5.96 Å². The van der Waals surface area contributed by atoms with Crippen LogP contribution in [0.5, 0.6) is 0 Å². The molecule has 24 heavy (non-hydrogen) atoms. The van der Waals surface area contributed by atoms with Crippen molar-refractivity contribution in [2.45, 2.75) is 33.7 Å². The lowest BCUT2D eigenvalue weighted by Crippen LogP contribution is -2.39. The van der Waals surface area contributed by atoms with Crippen molar-refractivity contribution in [1.82, 2.24) is 10.6 Å². The molecule has 0 saturated heterocycles. The summed E-state index contributed by atoms with van der Waals surface area (Å²) in [6.07, 6.45) is 1.06. The first kappa shape index (κ1) is 19.9. The third kappa shape index (κ3) is 8.47. The zero-order valence-corrected chi connectivity index (χ0v) is 14.7. The Kier molecular flexibility index (Phi) is 9.45. The van der Waals surface area contributed by atoms with Gasteiger partial charge >= 0.3 is 0 Å². The van der Waals surface area contributed by atoms with Crippen molar-refractivity contribution in [3.05, 3.63) is 39.9 Å². The fraction of sp³-hybridized carbons (Fsp3) is 0.588. The molecule has 1 rings (SSSR count). The van der Waals surface area contributed by atoms with Gasteiger partial charge in [-0.25, -0.2) is 4.99 Å². The minimum absolute atomic E-state index is 0.0892. The van der Waals surface area contributed by atoms with E-state index in [1.54, 1.807) is 12.1 Å². The molecule has 134 valence electrons. The molecule has 0 atom stereocenters. The topological polar surface area (TPSA) is 88.8 Å². The van der Waals surface area contributed by atoms with Crippen LogP contribution in [0.15, 0.2) is 29.3 Å². The van der Waals surface area contributed by atoms with Crippen LogP contribution >= 0.6 is 0 Å². The second-order valence-electron chi connectivity index (χ2n) is 5.84. The van der Waals surface area contributed by atoms with E-state index >= 15 is 0 Å². The maximum Gasteiger partial charge on any atom is 0.269 e. The van der Waals surface area contributed by atoms with E-state index in [4.69, 9.17) is 4.74 Å². The minimum Gasteiger partial charge on any atom is -0.380 e. The van der Waals surface area contributed by atoms with Gasteiger partial charge in [-0.1, -0.05) is 26.0 Å². The zero-order valence-electron chi connectivity index (χ0n) is 14.7. The van der Waals surface area contributed by atoms with Crippen molar-refractivity contribution >= 4 is 11.6 Å². The predicted molar refractivity (Wildman–Crippen MR) is 96.2 cm³/mol. The summed E-state index contributed by atoms with van der Waals surface area (Å²) in [5.74, 6) is 1.36. The number of ether oxygens (including phenoxy) is 1. The van der Waals surface area contributed by atoms with E-state index in [-0.39, 0.29) is 5.69 Å². The summed E-state index contributed by atoms with van der Waals surface area (Å²) in [7, 11) is 0. The first-order chi connectivity index (χ1) is 11.5. The smallest absolute Gasteiger partial charge is 0.269 e. The number of aliphatic imine (C=N–C) groups is 1. The number of nitrogens with zero attached hydrogens (tertiary/aromatic N) is 2. The molecule has 2 N–H and O–H groups in total. The lowest BCUT2D eigenvalue weighted by Gasteiger charge is -2.12. The van der Waals surface area contributed by atoms with Crippen LogP contribution in [0.3, 0.4) is 0 Å². The van der Waals surface area contributed by atoms with Crippen LogP contribution in [0.1, 0.15) is 32.8 Å². The summed E-state index contributed by atoms with van der Waals surface area (Å²) in [4.78, 5) is 14.7. The molecule has 0 unspecified atom stereocenters. The molecule has 0 radical (unpaired) electrons. The molecule has 0 aliphatic rings. The van der Waals surface area contributed by atoms with Crippen LogP contribution < -0.4 is 10.6 Å². The number of guanidine groups is 1. The summed E-state index contributed by atoms with van der Waals surface area (Å²) in [5.41, 5.74) is 1.01. The summed E-state index contributed by atoms with van der Waals surface area (Å²) < 4.78 is 5.56. The summed E-state index contributed by atoms with van der Waals surface area (Å²) in [5, 5.41) is 17.0. The summed E-state index contributed by atoms with van der Waals surface area (Å²) in [6, 6.07) is 6.43. The van der Waals surface area contributed by atoms with Gasteiger partial charge in [-0.2, -0.15) is 0 Å². The number of nitrogens with one attached hydrogen (secondary N) is 2. The van der Waals surface area contributed by atoms with Crippen molar-refractivity contribution in [2.75, 3.05) is 26.3 Å². The van der Waals surface area contributed by atoms with Crippen LogP contribution in [0.4, 0.5) is 5.69 Å². The van der Waals surface area contributed by atoms with E-state index in [0.717, 1.165) is 25.1 Å². The van der Waals surface area contributed by atoms with E-state index in [1.165, 1.54) is 12.1 Å². The Labute approximate surface area is 143 Å². The molecule has 0 spiro atoms. The molecule has 0 bridgehead atoms. The molecule has 7 nitrogen and oxygen atoms in total. The van der Waals surface area contributed by atoms with Crippen LogP contribution in [-0.4, -0.2) is 37.2 Å². The Morgan fingerprint density at radius 3 is 2.54 bits per heavy atom. The lowest BCUT2D eigenvalue weighted by molar-refractivity contribution is -0.384. The fourth-order valence-electron chi connectivity index (χ4n) is 1.90. The molecule has 0 amide bonds. The average Bonchev–Trinajstić information content (AvgIpc) is 2.55. The van der Waals surface area contributed by atoms with E-state index in [0.29, 0.717) is 31.6 Å². The number of hydrogen-bond donors (Lipinski definition) is 2. The van der Waals surface area contributed by atoms with Crippen LogP contribution in [0, 0.1) is 16.0 Å². The number of rotatable bonds is 10. The molecule has 0 aliphatic carbocycles. The van der Waals surface area contributed by atoms with Gasteiger partial charge in [0.1, 0.15) is 0 Å². The average molecular weight is 336 g/mol. The Morgan fingerprint density at radius 2 is 1.96 bits per heavy atom. The molecule has 1 aromatic carbocycles. The minimum atomic E-state index is -0.405. The first-order valence-corrected chi connectivity index (χ1v) is 8.36. The van der Waals surface area contributed by atoms with Gasteiger partial charge in [-0.15, -0.1) is 0 Å². The van der Waals surface area contributed by atoms with Gasteiger partial charge in [0.25, 0.3) is 5.69 Å². The Morgan fingerprint density at radius 1 is 1.25 bits per heavy atom. The third-order valence-corrected chi connectivity index (χ3v) is 3.29. The normalized spacial score (nSPS) is 11.6. The molecule has 0 fully saturated rings. The molecule has 7 heteroatoms. The monoisotopic (exact) mass is 336 g/mol. The van der Waals surface area contributed by atoms with Crippen LogP contribution in [0.25, 0.3) is 0 Å². The second kappa shape index (κ2) is 11.4. The number of benzene rings is 1. The fourth-order valence-corrected chi connectivity index (χ4v) is 1.90. The van der Waals surface area contributed by atoms with E-state index in [1.807, 2.05) is 6.92 Å². The van der Waals surface area contributed by atoms with E-state index in [9.17, 15) is 10.1 Å². The molecule has 0 heterocycles. The van der Waals surface area contributed by atoms with Crippen LogP contribution in [-0.2, 0) is 11.3 Å². The van der Waals surface area contributed by atoms with E-state index < -0.39 is 4.92 Å². The third-order valence-electron chi connectivity index (χ3n) is 3.29. The van der Waals surface area contributed by atoms with Gasteiger partial charge in [-0.05, 0) is 24.8 Å². The standard InChI is InChI=1S/C17H28N4O3/c1-4-18-17(19-10-12-24-11-9-14(2)3)20-13-15-5-7-16(8-6-15)21(22)23/h5-8,14H,4,9-13H2,1-3H3,(H2,18,19,20). The number of nitro groups is 1. The van der Waals surface area contributed by atoms with Gasteiger partial charge in [0, 0.05) is 31.8 Å². The molecule has 0 aromatic heterocycles. The van der Waals surface area contributed by atoms with Crippen molar-refractivity contribution < 1.29 is 9.66 Å². The molecular formula is C17H28N4O3. The second-order valence-corrected chi connectivity index (χ2v) is 5.84. The quantitative estimate of drug-likeness (QED) is 0.225. The maximum atomic E-state index is 10.6. The Hall–Kier alpha value is -2.15. The van der Waals surface area contributed by atoms with Gasteiger partial charge < -0.3 is 15.4 Å². The highest BCUT2D eigenvalue weighted by atomic mass is 16.6. The van der Waals surface area contributed by atoms with Crippen molar-refractivity contribution in [3.63, 3.8) is 0 Å². The lowest BCUT2D eigenvalue weighted by atomic mass is 10.1. The Bertz CT molecular complexity index is 515. The number of nitro benzene ring substituents is 1. The van der Waals surface area contributed by atoms with Gasteiger partial charge in [0.2, 0.25) is 0 Å². The summed E-state index contributed by atoms with van der Waals surface area (Å²) >= 11 is 0. The molecule has 1 aromatic rings. The van der Waals surface area contributed by atoms with Crippen molar-refractivity contribution in [2.24, 2.45) is 10.9 Å². The summed E-state index contributed by atoms with van der Waals surface area (Å²) in [6.45, 7) is 9.67. The molecule has 0 saturated carbocycles. The highest BCUT2D eigenvalue weighted by Crippen LogP contribution is 2.12. The van der Waals surface area contributed by atoms with Crippen molar-refractivity contribution in [3.8, 4) is 0 Å². The largest absolute Gasteiger partial charge is 0.380 e. The maximum absolute atomic E-state index is 10.6. The number of non-ortho nitro benzene ring substituents is 1. The zero-order chi connectivity index (χ0) is 17.8. The highest BCUT2D eigenvalue weighted by molar-refractivity contribution is 5.79. The molecule has 0 aliphatic heterocycles. The number of hydrogen-bond acceptors (Lipinski definition) is 4. The highest BCUT2D eigenvalue weighted by Gasteiger charge is 2.04. The van der Waals surface area contributed by atoms with Crippen molar-refractivity contribution in [1.29, 1.82) is 0 Å². The van der Waals surface area contributed by atoms with Crippen LogP contribution in [0.2, 0.25) is 0 Å². The van der Waals surface area contributed by atoms with Gasteiger partial charge in [0.05, 0.1) is 18.1 Å².